The molecule has 1 atom stereocenters. The van der Waals surface area contributed by atoms with Crippen molar-refractivity contribution < 1.29 is 14.3 Å². The topological polar surface area (TPSA) is 61.3 Å². The van der Waals surface area contributed by atoms with Crippen LogP contribution in [-0.2, 0) is 9.47 Å². The molecule has 0 saturated heterocycles. The summed E-state index contributed by atoms with van der Waals surface area (Å²) in [5, 5.41) is 0.907. The van der Waals surface area contributed by atoms with Crippen molar-refractivity contribution in [3.63, 3.8) is 0 Å². The molecule has 5 nitrogen and oxygen atoms in total. The summed E-state index contributed by atoms with van der Waals surface area (Å²) < 4.78 is 10.1. The summed E-state index contributed by atoms with van der Waals surface area (Å²) in [6.07, 6.45) is 1.28. The van der Waals surface area contributed by atoms with Crippen molar-refractivity contribution in [3.8, 4) is 0 Å². The molecule has 0 aliphatic heterocycles. The first-order valence-corrected chi connectivity index (χ1v) is 6.27. The largest absolute Gasteiger partial charge is 0.465 e. The number of rotatable bonds is 3. The molecule has 2 aromatic rings. The Morgan fingerprint density at radius 3 is 2.78 bits per heavy atom. The van der Waals surface area contributed by atoms with Gasteiger partial charge >= 0.3 is 5.97 Å². The van der Waals surface area contributed by atoms with Gasteiger partial charge in [-0.25, -0.2) is 14.8 Å². The lowest BCUT2D eigenvalue weighted by molar-refractivity contribution is 0.0589. The Bertz CT molecular complexity index is 594. The summed E-state index contributed by atoms with van der Waals surface area (Å²) in [5.74, 6) is -0.422. The highest BCUT2D eigenvalue weighted by molar-refractivity contribution is 7.18. The van der Waals surface area contributed by atoms with E-state index in [1.165, 1.54) is 24.6 Å². The summed E-state index contributed by atoms with van der Waals surface area (Å²) in [7, 11) is 2.94. The lowest BCUT2D eigenvalue weighted by Gasteiger charge is -2.13. The number of carbonyl (C=O) groups excluding carboxylic acids is 1. The molecule has 2 heterocycles. The molecule has 0 saturated carbocycles. The van der Waals surface area contributed by atoms with E-state index in [-0.39, 0.29) is 6.10 Å². The highest BCUT2D eigenvalue weighted by Gasteiger charge is 2.22. The quantitative estimate of drug-likeness (QED) is 0.799. The molecule has 0 amide bonds. The molecule has 0 bridgehead atoms. The summed E-state index contributed by atoms with van der Waals surface area (Å²) in [6.45, 7) is 3.78. The monoisotopic (exact) mass is 266 g/mol. The lowest BCUT2D eigenvalue weighted by Crippen LogP contribution is -2.10. The molecule has 0 aliphatic carbocycles. The summed E-state index contributed by atoms with van der Waals surface area (Å²) in [4.78, 5) is 21.2. The summed E-state index contributed by atoms with van der Waals surface area (Å²) in [5.41, 5.74) is 1.86. The van der Waals surface area contributed by atoms with Gasteiger partial charge in [0.1, 0.15) is 10.3 Å². The van der Waals surface area contributed by atoms with Gasteiger partial charge in [-0.1, -0.05) is 11.3 Å². The maximum Gasteiger partial charge on any atom is 0.339 e. The number of aromatic nitrogens is 2. The van der Waals surface area contributed by atoms with Crippen LogP contribution in [-0.4, -0.2) is 30.2 Å². The van der Waals surface area contributed by atoms with Crippen molar-refractivity contribution >= 4 is 27.7 Å². The predicted molar refractivity (Wildman–Crippen MR) is 68.9 cm³/mol. The number of hydrogen-bond donors (Lipinski definition) is 0. The van der Waals surface area contributed by atoms with Crippen LogP contribution in [0.1, 0.15) is 34.0 Å². The molecule has 2 rings (SSSR count). The van der Waals surface area contributed by atoms with Gasteiger partial charge in [0.25, 0.3) is 0 Å². The fraction of sp³-hybridized carbons (Fsp3) is 0.417. The highest BCUT2D eigenvalue weighted by atomic mass is 32.1. The van der Waals surface area contributed by atoms with Crippen LogP contribution >= 0.6 is 11.3 Å². The van der Waals surface area contributed by atoms with Gasteiger partial charge < -0.3 is 9.47 Å². The van der Waals surface area contributed by atoms with E-state index in [1.807, 2.05) is 13.8 Å². The van der Waals surface area contributed by atoms with E-state index < -0.39 is 5.97 Å². The number of hydrogen-bond acceptors (Lipinski definition) is 6. The molecule has 6 heteroatoms. The van der Waals surface area contributed by atoms with E-state index in [4.69, 9.17) is 9.47 Å². The van der Waals surface area contributed by atoms with Crippen molar-refractivity contribution in [3.05, 3.63) is 22.3 Å². The Balaban J connectivity index is 2.74. The van der Waals surface area contributed by atoms with Gasteiger partial charge in [0.15, 0.2) is 0 Å². The first-order valence-electron chi connectivity index (χ1n) is 5.45. The maximum atomic E-state index is 11.8. The van der Waals surface area contributed by atoms with Crippen LogP contribution in [0.15, 0.2) is 6.20 Å². The van der Waals surface area contributed by atoms with E-state index in [0.29, 0.717) is 5.56 Å². The van der Waals surface area contributed by atoms with Crippen molar-refractivity contribution in [2.45, 2.75) is 20.0 Å². The van der Waals surface area contributed by atoms with Gasteiger partial charge in [0.05, 0.1) is 23.8 Å². The predicted octanol–water partition coefficient (Wildman–Crippen LogP) is 2.49. The number of methoxy groups -OCH3 is 2. The zero-order valence-corrected chi connectivity index (χ0v) is 11.5. The molecule has 0 fully saturated rings. The van der Waals surface area contributed by atoms with Crippen molar-refractivity contribution in [2.24, 2.45) is 0 Å². The number of ether oxygens (including phenoxy) is 2. The standard InChI is InChI=1S/C12H14N2O3S/c1-6(16-3)9-8(12(15)17-4)5-13-11-10(9)14-7(2)18-11/h5-6H,1-4H3. The van der Waals surface area contributed by atoms with E-state index in [1.54, 1.807) is 7.11 Å². The minimum Gasteiger partial charge on any atom is -0.465 e. The SMILES string of the molecule is COC(=O)c1cnc2sc(C)nc2c1C(C)OC. The van der Waals surface area contributed by atoms with Crippen LogP contribution < -0.4 is 0 Å². The fourth-order valence-corrected chi connectivity index (χ4v) is 2.58. The second kappa shape index (κ2) is 4.99. The Kier molecular flexibility index (Phi) is 3.58. The van der Waals surface area contributed by atoms with Crippen molar-refractivity contribution in [2.75, 3.05) is 14.2 Å². The third-order valence-corrected chi connectivity index (χ3v) is 3.62. The van der Waals surface area contributed by atoms with Gasteiger partial charge in [-0.05, 0) is 13.8 Å². The molecular formula is C12H14N2O3S. The first-order chi connectivity index (χ1) is 8.58. The molecule has 18 heavy (non-hydrogen) atoms. The normalized spacial score (nSPS) is 12.7. The molecule has 0 radical (unpaired) electrons. The molecular weight excluding hydrogens is 252 g/mol. The molecule has 2 aromatic heterocycles. The minimum atomic E-state index is -0.422. The highest BCUT2D eigenvalue weighted by Crippen LogP contribution is 2.31. The molecule has 0 spiro atoms. The smallest absolute Gasteiger partial charge is 0.339 e. The van der Waals surface area contributed by atoms with Crippen molar-refractivity contribution in [1.82, 2.24) is 9.97 Å². The molecule has 0 N–H and O–H groups in total. The number of esters is 1. The van der Waals surface area contributed by atoms with Crippen LogP contribution in [0.25, 0.3) is 10.3 Å². The minimum absolute atomic E-state index is 0.244. The number of aryl methyl sites for hydroxylation is 1. The zero-order chi connectivity index (χ0) is 13.3. The van der Waals surface area contributed by atoms with Crippen LogP contribution in [0.3, 0.4) is 0 Å². The van der Waals surface area contributed by atoms with E-state index in [9.17, 15) is 4.79 Å². The molecule has 0 aromatic carbocycles. The molecule has 96 valence electrons. The van der Waals surface area contributed by atoms with Crippen LogP contribution in [0.4, 0.5) is 0 Å². The van der Waals surface area contributed by atoms with Gasteiger partial charge in [-0.2, -0.15) is 0 Å². The number of nitrogens with zero attached hydrogens (tertiary/aromatic N) is 2. The van der Waals surface area contributed by atoms with Crippen LogP contribution in [0, 0.1) is 6.92 Å². The third-order valence-electron chi connectivity index (χ3n) is 2.74. The molecule has 1 unspecified atom stereocenters. The summed E-state index contributed by atoms with van der Waals surface area (Å²) in [6, 6.07) is 0. The number of fused-ring (bicyclic) bond motifs is 1. The van der Waals surface area contributed by atoms with E-state index >= 15 is 0 Å². The average Bonchev–Trinajstić information content (AvgIpc) is 2.75. The Morgan fingerprint density at radius 2 is 2.17 bits per heavy atom. The first kappa shape index (κ1) is 12.9. The average molecular weight is 266 g/mol. The second-order valence-electron chi connectivity index (χ2n) is 3.84. The fourth-order valence-electron chi connectivity index (χ4n) is 1.80. The van der Waals surface area contributed by atoms with E-state index in [2.05, 4.69) is 9.97 Å². The van der Waals surface area contributed by atoms with Crippen LogP contribution in [0.5, 0.6) is 0 Å². The number of thiazole rings is 1. The lowest BCUT2D eigenvalue weighted by atomic mass is 10.0. The van der Waals surface area contributed by atoms with E-state index in [0.717, 1.165) is 20.9 Å². The Hall–Kier alpha value is -1.53. The Labute approximate surface area is 109 Å². The molecule has 0 aliphatic rings. The second-order valence-corrected chi connectivity index (χ2v) is 5.02. The number of carbonyl (C=O) groups is 1. The summed E-state index contributed by atoms with van der Waals surface area (Å²) >= 11 is 1.49. The van der Waals surface area contributed by atoms with Gasteiger partial charge in [-0.15, -0.1) is 0 Å². The van der Waals surface area contributed by atoms with Gasteiger partial charge in [-0.3, -0.25) is 0 Å². The van der Waals surface area contributed by atoms with Crippen molar-refractivity contribution in [1.29, 1.82) is 0 Å². The Morgan fingerprint density at radius 1 is 1.44 bits per heavy atom. The van der Waals surface area contributed by atoms with Gasteiger partial charge in [0.2, 0.25) is 0 Å². The third kappa shape index (κ3) is 2.09. The van der Waals surface area contributed by atoms with Crippen LogP contribution in [0.2, 0.25) is 0 Å². The van der Waals surface area contributed by atoms with Gasteiger partial charge in [0, 0.05) is 18.9 Å². The maximum absolute atomic E-state index is 11.8. The zero-order valence-electron chi connectivity index (χ0n) is 10.7. The number of pyridine rings is 1.